The molecular formula is C14H24N4O8S. The average molecular weight is 408 g/mol. The predicted octanol–water partition coefficient (Wildman–Crippen LogP) is -3.30. The summed E-state index contributed by atoms with van der Waals surface area (Å²) in [5, 5.41) is 33.1. The van der Waals surface area contributed by atoms with Crippen LogP contribution in [0.25, 0.3) is 0 Å². The van der Waals surface area contributed by atoms with Crippen LogP contribution >= 0.6 is 11.8 Å². The second kappa shape index (κ2) is 12.9. The van der Waals surface area contributed by atoms with Gasteiger partial charge in [-0.25, -0.2) is 4.79 Å². The highest BCUT2D eigenvalue weighted by atomic mass is 32.2. The maximum atomic E-state index is 12.2. The molecular weight excluding hydrogens is 384 g/mol. The third-order valence-electron chi connectivity index (χ3n) is 3.21. The summed E-state index contributed by atoms with van der Waals surface area (Å²) in [4.78, 5) is 57.5. The summed E-state index contributed by atoms with van der Waals surface area (Å²) >= 11 is 1.37. The largest absolute Gasteiger partial charge is 0.481 e. The number of hydrogen-bond donors (Lipinski definition) is 7. The second-order valence-corrected chi connectivity index (χ2v) is 6.39. The number of aliphatic carboxylic acids is 2. The Hall–Kier alpha value is -2.38. The highest BCUT2D eigenvalue weighted by molar-refractivity contribution is 7.98. The first-order valence-electron chi connectivity index (χ1n) is 7.79. The Labute approximate surface area is 159 Å². The van der Waals surface area contributed by atoms with Crippen molar-refractivity contribution >= 4 is 41.4 Å². The summed E-state index contributed by atoms with van der Waals surface area (Å²) < 4.78 is 0. The molecule has 0 spiro atoms. The van der Waals surface area contributed by atoms with Gasteiger partial charge in [0.2, 0.25) is 17.7 Å². The molecule has 13 heteroatoms. The normalized spacial score (nSPS) is 13.7. The van der Waals surface area contributed by atoms with Crippen molar-refractivity contribution in [3.63, 3.8) is 0 Å². The lowest BCUT2D eigenvalue weighted by molar-refractivity contribution is -0.143. The minimum atomic E-state index is -1.53. The predicted molar refractivity (Wildman–Crippen MR) is 94.8 cm³/mol. The van der Waals surface area contributed by atoms with Gasteiger partial charge >= 0.3 is 11.9 Å². The summed E-state index contributed by atoms with van der Waals surface area (Å²) in [6.45, 7) is -1.24. The number of nitrogens with two attached hydrogens (primary N) is 1. The fourth-order valence-electron chi connectivity index (χ4n) is 1.78. The fourth-order valence-corrected chi connectivity index (χ4v) is 2.25. The van der Waals surface area contributed by atoms with E-state index in [4.69, 9.17) is 21.1 Å². The van der Waals surface area contributed by atoms with Gasteiger partial charge in [-0.3, -0.25) is 19.2 Å². The van der Waals surface area contributed by atoms with Crippen LogP contribution in [0.4, 0.5) is 0 Å². The Kier molecular flexibility index (Phi) is 11.8. The molecule has 0 radical (unpaired) electrons. The molecule has 27 heavy (non-hydrogen) atoms. The van der Waals surface area contributed by atoms with Crippen LogP contribution in [-0.4, -0.2) is 88.3 Å². The van der Waals surface area contributed by atoms with Gasteiger partial charge in [0.05, 0.1) is 19.6 Å². The summed E-state index contributed by atoms with van der Waals surface area (Å²) in [5.74, 6) is -4.90. The molecule has 0 aliphatic carbocycles. The van der Waals surface area contributed by atoms with E-state index in [1.54, 1.807) is 6.26 Å². The van der Waals surface area contributed by atoms with Crippen molar-refractivity contribution in [2.75, 3.05) is 25.2 Å². The van der Waals surface area contributed by atoms with E-state index in [2.05, 4.69) is 16.0 Å². The lowest BCUT2D eigenvalue weighted by Gasteiger charge is -2.20. The highest BCUT2D eigenvalue weighted by Crippen LogP contribution is 2.03. The Bertz CT molecular complexity index is 559. The standard InChI is InChI=1S/C14H24N4O8S/c1-27-3-2-8(14(25)26)18-13(24)9(4-11(21)22)17-10(20)5-16-12(23)7(15)6-19/h7-9,19H,2-6,15H2,1H3,(H,16,23)(H,17,20)(H,18,24)(H,21,22)(H,25,26). The third kappa shape index (κ3) is 10.4. The molecule has 8 N–H and O–H groups in total. The Morgan fingerprint density at radius 2 is 1.67 bits per heavy atom. The molecule has 3 unspecified atom stereocenters. The molecule has 154 valence electrons. The quantitative estimate of drug-likeness (QED) is 0.161. The summed E-state index contributed by atoms with van der Waals surface area (Å²) in [6.07, 6.45) is 1.09. The van der Waals surface area contributed by atoms with Crippen LogP contribution in [0.3, 0.4) is 0 Å². The molecule has 0 saturated heterocycles. The Morgan fingerprint density at radius 1 is 1.04 bits per heavy atom. The molecule has 3 atom stereocenters. The first-order chi connectivity index (χ1) is 12.6. The van der Waals surface area contributed by atoms with Crippen molar-refractivity contribution in [3.05, 3.63) is 0 Å². The third-order valence-corrected chi connectivity index (χ3v) is 3.86. The molecule has 0 aromatic heterocycles. The first kappa shape index (κ1) is 24.6. The van der Waals surface area contributed by atoms with Crippen LogP contribution in [0.2, 0.25) is 0 Å². The summed E-state index contributed by atoms with van der Waals surface area (Å²) in [7, 11) is 0. The second-order valence-electron chi connectivity index (χ2n) is 5.41. The molecule has 0 aromatic rings. The minimum Gasteiger partial charge on any atom is -0.481 e. The zero-order valence-corrected chi connectivity index (χ0v) is 15.5. The average Bonchev–Trinajstić information content (AvgIpc) is 2.60. The van der Waals surface area contributed by atoms with Crippen molar-refractivity contribution in [3.8, 4) is 0 Å². The maximum absolute atomic E-state index is 12.2. The van der Waals surface area contributed by atoms with Crippen LogP contribution in [0.5, 0.6) is 0 Å². The van der Waals surface area contributed by atoms with Crippen LogP contribution in [0, 0.1) is 0 Å². The number of thioether (sulfide) groups is 1. The first-order valence-corrected chi connectivity index (χ1v) is 9.19. The summed E-state index contributed by atoms with van der Waals surface area (Å²) in [5.41, 5.74) is 5.25. The molecule has 0 aliphatic heterocycles. The maximum Gasteiger partial charge on any atom is 0.326 e. The number of carbonyl (C=O) groups is 5. The van der Waals surface area contributed by atoms with Crippen molar-refractivity contribution < 1.29 is 39.3 Å². The number of aliphatic hydroxyl groups is 1. The number of aliphatic hydroxyl groups excluding tert-OH is 1. The van der Waals surface area contributed by atoms with Crippen LogP contribution in [-0.2, 0) is 24.0 Å². The lowest BCUT2D eigenvalue weighted by atomic mass is 10.1. The van der Waals surface area contributed by atoms with E-state index < -0.39 is 67.4 Å². The van der Waals surface area contributed by atoms with Crippen LogP contribution in [0.1, 0.15) is 12.8 Å². The van der Waals surface area contributed by atoms with Gasteiger partial charge in [0.1, 0.15) is 18.1 Å². The van der Waals surface area contributed by atoms with Crippen LogP contribution < -0.4 is 21.7 Å². The van der Waals surface area contributed by atoms with Gasteiger partial charge in [0.25, 0.3) is 0 Å². The number of carboxylic acids is 2. The highest BCUT2D eigenvalue weighted by Gasteiger charge is 2.28. The van der Waals surface area contributed by atoms with E-state index in [1.165, 1.54) is 11.8 Å². The van der Waals surface area contributed by atoms with Crippen LogP contribution in [0.15, 0.2) is 0 Å². The van der Waals surface area contributed by atoms with Gasteiger partial charge in [-0.15, -0.1) is 0 Å². The Morgan fingerprint density at radius 3 is 2.15 bits per heavy atom. The number of rotatable bonds is 13. The molecule has 3 amide bonds. The summed E-state index contributed by atoms with van der Waals surface area (Å²) in [6, 6.07) is -4.00. The van der Waals surface area contributed by atoms with Crippen molar-refractivity contribution in [1.82, 2.24) is 16.0 Å². The van der Waals surface area contributed by atoms with E-state index in [0.717, 1.165) is 0 Å². The van der Waals surface area contributed by atoms with E-state index >= 15 is 0 Å². The van der Waals surface area contributed by atoms with Gasteiger partial charge < -0.3 is 37.0 Å². The molecule has 0 bridgehead atoms. The zero-order valence-electron chi connectivity index (χ0n) is 14.6. The van der Waals surface area contributed by atoms with E-state index in [1.807, 2.05) is 0 Å². The number of hydrogen-bond acceptors (Lipinski definition) is 8. The van der Waals surface area contributed by atoms with Gasteiger partial charge in [-0.05, 0) is 18.4 Å². The Balaban J connectivity index is 4.87. The number of amides is 3. The van der Waals surface area contributed by atoms with E-state index in [9.17, 15) is 24.0 Å². The number of carboxylic acid groups (broad SMARTS) is 2. The van der Waals surface area contributed by atoms with Gasteiger partial charge in [-0.1, -0.05) is 0 Å². The molecule has 0 heterocycles. The monoisotopic (exact) mass is 408 g/mol. The topological polar surface area (TPSA) is 208 Å². The van der Waals surface area contributed by atoms with Gasteiger partial charge in [-0.2, -0.15) is 11.8 Å². The zero-order chi connectivity index (χ0) is 21.0. The minimum absolute atomic E-state index is 0.116. The molecule has 0 aliphatic rings. The van der Waals surface area contributed by atoms with Crippen molar-refractivity contribution in [2.24, 2.45) is 5.73 Å². The van der Waals surface area contributed by atoms with Gasteiger partial charge in [0.15, 0.2) is 0 Å². The van der Waals surface area contributed by atoms with E-state index in [0.29, 0.717) is 5.75 Å². The molecule has 0 fully saturated rings. The molecule has 12 nitrogen and oxygen atoms in total. The van der Waals surface area contributed by atoms with Crippen molar-refractivity contribution in [2.45, 2.75) is 31.0 Å². The van der Waals surface area contributed by atoms with E-state index in [-0.39, 0.29) is 6.42 Å². The molecule has 0 rings (SSSR count). The van der Waals surface area contributed by atoms with Gasteiger partial charge in [0, 0.05) is 0 Å². The number of carbonyl (C=O) groups excluding carboxylic acids is 3. The number of nitrogens with one attached hydrogen (secondary N) is 3. The lowest BCUT2D eigenvalue weighted by Crippen LogP contribution is -2.54. The molecule has 0 saturated carbocycles. The fraction of sp³-hybridized carbons (Fsp3) is 0.643. The smallest absolute Gasteiger partial charge is 0.326 e. The van der Waals surface area contributed by atoms with Crippen molar-refractivity contribution in [1.29, 1.82) is 0 Å². The molecule has 0 aromatic carbocycles. The SMILES string of the molecule is CSCCC(NC(=O)C(CC(=O)O)NC(=O)CNC(=O)C(N)CO)C(=O)O.